The zero-order valence-corrected chi connectivity index (χ0v) is 65.6. The smallest absolute Gasteiger partial charge is 0.326 e. The maximum absolute atomic E-state index is 14.9. The number of amides is 13. The number of methoxy groups -OCH3 is 1. The number of phenolic OH excluding ortho intramolecular Hbond substituents is 1. The number of ether oxygens (including phenoxy) is 1. The van der Waals surface area contributed by atoms with Crippen LogP contribution in [0, 0.1) is 5.92 Å². The normalized spacial score (nSPS) is 14.5. The van der Waals surface area contributed by atoms with Crippen molar-refractivity contribution in [2.45, 2.75) is 156 Å². The number of carbonyl (C=O) groups excluding carboxylic acids is 13. The summed E-state index contributed by atoms with van der Waals surface area (Å²) in [6, 6.07) is 21.2. The summed E-state index contributed by atoms with van der Waals surface area (Å²) in [6.45, 7) is 5.89. The Balaban J connectivity index is 1.21. The summed E-state index contributed by atoms with van der Waals surface area (Å²) in [7, 11) is 1.56. The molecule has 113 heavy (non-hydrogen) atoms. The number of aromatic nitrogens is 1. The molecule has 0 radical (unpaired) electrons. The largest absolute Gasteiger partial charge is 0.508 e. The number of aromatic hydroxyl groups is 1. The number of H-pyrrole nitrogens is 1. The first kappa shape index (κ1) is 90.7. The topological polar surface area (TPSA) is 549 Å². The molecule has 0 aliphatic rings. The van der Waals surface area contributed by atoms with Crippen molar-refractivity contribution in [2.24, 2.45) is 28.9 Å². The van der Waals surface area contributed by atoms with E-state index in [4.69, 9.17) is 27.7 Å². The molecule has 0 aliphatic heterocycles. The molecule has 0 bridgehead atoms. The number of aliphatic hydroxyl groups is 1. The lowest BCUT2D eigenvalue weighted by molar-refractivity contribution is -0.143. The standard InChI is InChI=1S/C77H99N15O18S3/c1-41(2)33-60(76(108)109)90-72(104)59(37-64(81)97)87-69(101)55(31-32-112-6)85-68(100)54(29-30-62(79)95)84-71(103)58(36-63(80)96)88-70(102)57(35-45-38-82-53-20-14-13-19-51(45)53)89-75(107)65(43(4)93)92-73(105)56(34-44-21-25-49(94)26-22-44)86-74(106)61(39-111)91-66(98)42(3)83-67(99)52(78)40-113-77(46-15-9-7-10-16-46,47-17-11-8-12-18-47)48-23-27-50(110-5)28-24-48/h7-28,38,41-43,52,54-61,65,82,93-94,111H,29-37,39-40,78H2,1-6H3,(H2,79,95)(H2,80,96)(H2,81,97)(H,83,99)(H,84,103)(H,85,100)(H,86,106)(H,87,101)(H,88,102)(H,89,107)(H,90,104)(H,91,98)(H,92,105)(H,108,109)/t42-,43+,52-,54-,55-,56-,57-,58-,59-,60-,61-,65-/m0/s1. The molecular formula is C77H99N15O18S3. The fourth-order valence-corrected chi connectivity index (χ4v) is 14.2. The summed E-state index contributed by atoms with van der Waals surface area (Å²) in [6.07, 6.45) is -2.47. The fraction of sp³-hybridized carbons (Fsp3) is 0.403. The maximum atomic E-state index is 14.9. The number of carboxylic acid groups (broad SMARTS) is 1. The van der Waals surface area contributed by atoms with Gasteiger partial charge in [0.05, 0.1) is 36.8 Å². The molecule has 22 N–H and O–H groups in total. The highest BCUT2D eigenvalue weighted by molar-refractivity contribution is 8.00. The highest BCUT2D eigenvalue weighted by atomic mass is 32.2. The predicted molar refractivity (Wildman–Crippen MR) is 427 cm³/mol. The van der Waals surface area contributed by atoms with Crippen LogP contribution in [-0.4, -0.2) is 206 Å². The molecule has 33 nitrogen and oxygen atoms in total. The van der Waals surface area contributed by atoms with E-state index in [-0.39, 0.29) is 48.2 Å². The van der Waals surface area contributed by atoms with Gasteiger partial charge < -0.3 is 101 Å². The van der Waals surface area contributed by atoms with E-state index in [9.17, 15) is 82.4 Å². The Bertz CT molecular complexity index is 4260. The molecule has 608 valence electrons. The van der Waals surface area contributed by atoms with E-state index in [0.29, 0.717) is 27.8 Å². The van der Waals surface area contributed by atoms with Crippen molar-refractivity contribution < 1.29 is 87.2 Å². The van der Waals surface area contributed by atoms with Crippen LogP contribution in [0.25, 0.3) is 10.9 Å². The van der Waals surface area contributed by atoms with Gasteiger partial charge in [0.1, 0.15) is 71.9 Å². The van der Waals surface area contributed by atoms with Crippen LogP contribution >= 0.6 is 36.2 Å². The molecule has 13 amide bonds. The Morgan fingerprint density at radius 2 is 0.973 bits per heavy atom. The van der Waals surface area contributed by atoms with Crippen LogP contribution in [0.2, 0.25) is 0 Å². The Morgan fingerprint density at radius 3 is 1.49 bits per heavy atom. The molecule has 0 saturated carbocycles. The van der Waals surface area contributed by atoms with Crippen molar-refractivity contribution in [2.75, 3.05) is 30.6 Å². The van der Waals surface area contributed by atoms with Gasteiger partial charge in [-0.25, -0.2) is 4.79 Å². The molecule has 6 rings (SSSR count). The third-order valence-electron chi connectivity index (χ3n) is 18.0. The van der Waals surface area contributed by atoms with Crippen LogP contribution in [0.3, 0.4) is 0 Å². The Kier molecular flexibility index (Phi) is 35.4. The minimum atomic E-state index is -1.99. The Morgan fingerprint density at radius 1 is 0.513 bits per heavy atom. The van der Waals surface area contributed by atoms with Crippen molar-refractivity contribution in [3.8, 4) is 11.5 Å². The number of fused-ring (bicyclic) bond motifs is 1. The number of aliphatic hydroxyl groups excluding tert-OH is 1. The van der Waals surface area contributed by atoms with Gasteiger partial charge in [0.2, 0.25) is 76.8 Å². The minimum Gasteiger partial charge on any atom is -0.508 e. The summed E-state index contributed by atoms with van der Waals surface area (Å²) in [4.78, 5) is 195. The lowest BCUT2D eigenvalue weighted by Crippen LogP contribution is -2.62. The molecule has 1 aromatic heterocycles. The summed E-state index contributed by atoms with van der Waals surface area (Å²) < 4.78 is 4.57. The average molecular weight is 1620 g/mol. The van der Waals surface area contributed by atoms with Crippen molar-refractivity contribution in [1.29, 1.82) is 0 Å². The third kappa shape index (κ3) is 27.3. The maximum Gasteiger partial charge on any atom is 0.326 e. The monoisotopic (exact) mass is 1620 g/mol. The van der Waals surface area contributed by atoms with Crippen molar-refractivity contribution >= 4 is 130 Å². The second-order valence-corrected chi connectivity index (χ2v) is 29.8. The number of hydrogen-bond donors (Lipinski definition) is 19. The SMILES string of the molecule is COc1ccc(C(SC[C@H](N)C(=O)N[C@@H](C)C(=O)N[C@@H](CS)C(=O)N[C@@H](Cc2ccc(O)cc2)C(=O)N[C@H](C(=O)N[C@@H](Cc2c[nH]c3ccccc23)C(=O)N[C@@H](CC(N)=O)C(=O)N[C@@H](CCC(N)=O)C(=O)N[C@@H](CCSC)C(=O)N[C@@H](CC(N)=O)C(=O)N[C@@H](CC(C)C)C(=O)O)[C@@H](C)O)(c2ccccc2)c2ccccc2)cc1. The first-order valence-corrected chi connectivity index (χ1v) is 39.1. The van der Waals surface area contributed by atoms with E-state index >= 15 is 0 Å². The molecule has 5 aromatic carbocycles. The Hall–Kier alpha value is -11.2. The molecular weight excluding hydrogens is 1520 g/mol. The molecule has 36 heteroatoms. The second-order valence-electron chi connectivity index (χ2n) is 27.2. The van der Waals surface area contributed by atoms with Gasteiger partial charge in [0.25, 0.3) is 0 Å². The molecule has 1 heterocycles. The molecule has 0 spiro atoms. The fourth-order valence-electron chi connectivity index (χ4n) is 12.0. The predicted octanol–water partition coefficient (Wildman–Crippen LogP) is -0.202. The van der Waals surface area contributed by atoms with Crippen LogP contribution in [0.5, 0.6) is 11.5 Å². The number of aliphatic carboxylic acids is 1. The third-order valence-corrected chi connectivity index (χ3v) is 20.7. The molecule has 12 atom stereocenters. The number of aromatic amines is 1. The summed E-state index contributed by atoms with van der Waals surface area (Å²) in [5.74, 6) is -15.1. The highest BCUT2D eigenvalue weighted by Crippen LogP contribution is 2.49. The van der Waals surface area contributed by atoms with E-state index in [1.807, 2.05) is 84.9 Å². The molecule has 0 unspecified atom stereocenters. The van der Waals surface area contributed by atoms with Crippen LogP contribution in [-0.2, 0) is 84.7 Å². The van der Waals surface area contributed by atoms with Crippen LogP contribution in [0.15, 0.2) is 140 Å². The number of carboxylic acids is 1. The van der Waals surface area contributed by atoms with E-state index < -0.39 is 192 Å². The summed E-state index contributed by atoms with van der Waals surface area (Å²) in [5, 5.41) is 56.4. The van der Waals surface area contributed by atoms with E-state index in [0.717, 1.165) is 23.6 Å². The zero-order valence-electron chi connectivity index (χ0n) is 63.1. The summed E-state index contributed by atoms with van der Waals surface area (Å²) in [5.41, 5.74) is 27.1. The highest BCUT2D eigenvalue weighted by Gasteiger charge is 2.41. The number of thiol groups is 1. The number of phenols is 1. The van der Waals surface area contributed by atoms with Gasteiger partial charge in [-0.2, -0.15) is 24.4 Å². The number of thioether (sulfide) groups is 2. The molecule has 0 aliphatic carbocycles. The van der Waals surface area contributed by atoms with Crippen molar-refractivity contribution in [3.63, 3.8) is 0 Å². The van der Waals surface area contributed by atoms with Gasteiger partial charge in [-0.3, -0.25) is 62.3 Å². The van der Waals surface area contributed by atoms with E-state index in [1.165, 1.54) is 60.9 Å². The van der Waals surface area contributed by atoms with Gasteiger partial charge >= 0.3 is 5.97 Å². The first-order chi connectivity index (χ1) is 53.7. The molecule has 0 saturated heterocycles. The van der Waals surface area contributed by atoms with Gasteiger partial charge in [0, 0.05) is 47.9 Å². The number of nitrogens with one attached hydrogen (secondary N) is 11. The van der Waals surface area contributed by atoms with Gasteiger partial charge in [0.15, 0.2) is 0 Å². The second kappa shape index (κ2) is 44.1. The molecule has 0 fully saturated rings. The van der Waals surface area contributed by atoms with Crippen LogP contribution in [0.4, 0.5) is 0 Å². The van der Waals surface area contributed by atoms with Crippen LogP contribution < -0.4 is 80.8 Å². The van der Waals surface area contributed by atoms with Crippen molar-refractivity contribution in [1.82, 2.24) is 58.2 Å². The first-order valence-electron chi connectivity index (χ1n) is 36.1. The quantitative estimate of drug-likeness (QED) is 0.0174. The van der Waals surface area contributed by atoms with Gasteiger partial charge in [-0.1, -0.05) is 117 Å². The lowest BCUT2D eigenvalue weighted by atomic mass is 9.84. The average Bonchev–Trinajstić information content (AvgIpc) is 1.11. The van der Waals surface area contributed by atoms with Gasteiger partial charge in [-0.05, 0) is 109 Å². The van der Waals surface area contributed by atoms with Crippen molar-refractivity contribution in [3.05, 3.63) is 167 Å². The van der Waals surface area contributed by atoms with Gasteiger partial charge in [-0.15, -0.1) is 11.8 Å². The van der Waals surface area contributed by atoms with Crippen LogP contribution in [0.1, 0.15) is 94.0 Å². The molecule has 6 aromatic rings. The summed E-state index contributed by atoms with van der Waals surface area (Å²) >= 11 is 6.97. The van der Waals surface area contributed by atoms with E-state index in [2.05, 4.69) is 70.8 Å². The number of carbonyl (C=O) groups is 14. The number of rotatable bonds is 46. The minimum absolute atomic E-state index is 0.0304. The Labute approximate surface area is 666 Å². The number of nitrogens with two attached hydrogens (primary N) is 4. The number of para-hydroxylation sites is 1. The lowest BCUT2D eigenvalue weighted by Gasteiger charge is -2.36. The number of benzene rings is 5. The zero-order chi connectivity index (χ0) is 83.2. The number of hydrogen-bond acceptors (Lipinski definition) is 21. The van der Waals surface area contributed by atoms with E-state index in [1.54, 1.807) is 51.5 Å². The number of primary amides is 3.